The Morgan fingerprint density at radius 2 is 1.86 bits per heavy atom. The molecule has 0 saturated heterocycles. The molecule has 3 aromatic rings. The molecule has 1 saturated carbocycles. The number of hydrogen-bond acceptors (Lipinski definition) is 8. The minimum atomic E-state index is -3.94. The van der Waals surface area contributed by atoms with E-state index in [1.165, 1.54) is 24.4 Å². The molecule has 2 atom stereocenters. The van der Waals surface area contributed by atoms with Crippen LogP contribution in [-0.2, 0) is 14.8 Å². The summed E-state index contributed by atoms with van der Waals surface area (Å²) in [5.74, 6) is 0. The van der Waals surface area contributed by atoms with Gasteiger partial charge in [-0.15, -0.1) is 0 Å². The smallest absolute Gasteiger partial charge is 0.407 e. The molecule has 12 heteroatoms. The Kier molecular flexibility index (Phi) is 6.41. The lowest BCUT2D eigenvalue weighted by Gasteiger charge is -2.22. The van der Waals surface area contributed by atoms with E-state index in [2.05, 4.69) is 15.6 Å². The van der Waals surface area contributed by atoms with Crippen molar-refractivity contribution in [3.63, 3.8) is 0 Å². The molecule has 186 valence electrons. The van der Waals surface area contributed by atoms with E-state index in [1.807, 2.05) is 0 Å². The molecule has 4 rings (SSSR count). The number of anilines is 1. The summed E-state index contributed by atoms with van der Waals surface area (Å²) in [5, 5.41) is 18.1. The van der Waals surface area contributed by atoms with Crippen LogP contribution in [0.25, 0.3) is 11.0 Å². The number of aromatic nitrogens is 2. The Morgan fingerprint density at radius 3 is 2.51 bits per heavy atom. The standard InChI is InChI=1S/C23H27N5O6S/c1-23(2,3)34-22(29)26-16-10-9-15(13-16)25-20-18-11-12-27(21(18)24-14-19(20)28(30)31)35(32,33)17-7-5-4-6-8-17/h4-8,11-12,14-16H,9-10,13H2,1-3H3,(H,24,25)(H,26,29)/t15-,16+/m1/s1. The number of carbonyl (C=O) groups is 1. The summed E-state index contributed by atoms with van der Waals surface area (Å²) < 4.78 is 32.6. The van der Waals surface area contributed by atoms with E-state index in [0.29, 0.717) is 24.6 Å². The minimum absolute atomic E-state index is 0.0824. The zero-order chi connectivity index (χ0) is 25.4. The lowest BCUT2D eigenvalue weighted by Crippen LogP contribution is -2.38. The molecule has 1 amide bonds. The van der Waals surface area contributed by atoms with Crippen molar-refractivity contribution < 1.29 is 22.9 Å². The minimum Gasteiger partial charge on any atom is -0.444 e. The van der Waals surface area contributed by atoms with Gasteiger partial charge in [-0.05, 0) is 58.2 Å². The predicted octanol–water partition coefficient (Wildman–Crippen LogP) is 4.04. The summed E-state index contributed by atoms with van der Waals surface area (Å²) in [6, 6.07) is 9.07. The Bertz CT molecular complexity index is 1360. The van der Waals surface area contributed by atoms with Crippen LogP contribution < -0.4 is 10.6 Å². The van der Waals surface area contributed by atoms with Gasteiger partial charge < -0.3 is 15.4 Å². The van der Waals surface area contributed by atoms with Crippen molar-refractivity contribution in [3.05, 3.63) is 58.9 Å². The third-order valence-electron chi connectivity index (χ3n) is 5.66. The lowest BCUT2D eigenvalue weighted by molar-refractivity contribution is -0.384. The number of nitrogens with zero attached hydrogens (tertiary/aromatic N) is 3. The number of carbonyl (C=O) groups excluding carboxylic acids is 1. The fourth-order valence-corrected chi connectivity index (χ4v) is 5.49. The van der Waals surface area contributed by atoms with Crippen molar-refractivity contribution in [2.75, 3.05) is 5.32 Å². The molecule has 1 aromatic carbocycles. The maximum absolute atomic E-state index is 13.1. The number of ether oxygens (including phenoxy) is 1. The molecule has 0 spiro atoms. The van der Waals surface area contributed by atoms with E-state index in [4.69, 9.17) is 4.74 Å². The second-order valence-electron chi connectivity index (χ2n) is 9.44. The van der Waals surface area contributed by atoms with Gasteiger partial charge in [0.25, 0.3) is 10.0 Å². The van der Waals surface area contributed by atoms with E-state index in [-0.39, 0.29) is 34.0 Å². The van der Waals surface area contributed by atoms with Crippen LogP contribution in [0.1, 0.15) is 40.0 Å². The van der Waals surface area contributed by atoms with Gasteiger partial charge in [-0.3, -0.25) is 10.1 Å². The van der Waals surface area contributed by atoms with Gasteiger partial charge in [0.1, 0.15) is 17.5 Å². The first-order chi connectivity index (χ1) is 16.5. The third kappa shape index (κ3) is 5.21. The number of nitro groups is 1. The first kappa shape index (κ1) is 24.5. The number of fused-ring (bicyclic) bond motifs is 1. The lowest BCUT2D eigenvalue weighted by atomic mass is 10.2. The summed E-state index contributed by atoms with van der Waals surface area (Å²) in [7, 11) is -3.94. The molecular weight excluding hydrogens is 474 g/mol. The van der Waals surface area contributed by atoms with E-state index < -0.39 is 26.6 Å². The third-order valence-corrected chi connectivity index (χ3v) is 7.34. The van der Waals surface area contributed by atoms with Gasteiger partial charge in [-0.25, -0.2) is 22.2 Å². The van der Waals surface area contributed by atoms with Gasteiger partial charge >= 0.3 is 11.8 Å². The second kappa shape index (κ2) is 9.17. The highest BCUT2D eigenvalue weighted by Crippen LogP contribution is 2.36. The van der Waals surface area contributed by atoms with Crippen molar-refractivity contribution in [2.45, 2.75) is 62.6 Å². The summed E-state index contributed by atoms with van der Waals surface area (Å²) in [6.45, 7) is 5.34. The molecule has 11 nitrogen and oxygen atoms in total. The van der Waals surface area contributed by atoms with Crippen molar-refractivity contribution in [3.8, 4) is 0 Å². The van der Waals surface area contributed by atoms with Crippen molar-refractivity contribution in [1.29, 1.82) is 0 Å². The molecule has 0 radical (unpaired) electrons. The molecule has 1 fully saturated rings. The fourth-order valence-electron chi connectivity index (χ4n) is 4.16. The Balaban J connectivity index is 1.61. The number of rotatable bonds is 6. The molecule has 35 heavy (non-hydrogen) atoms. The number of nitrogens with one attached hydrogen (secondary N) is 2. The van der Waals surface area contributed by atoms with Gasteiger partial charge in [-0.1, -0.05) is 18.2 Å². The maximum Gasteiger partial charge on any atom is 0.407 e. The maximum atomic E-state index is 13.1. The highest BCUT2D eigenvalue weighted by atomic mass is 32.2. The highest BCUT2D eigenvalue weighted by molar-refractivity contribution is 7.90. The van der Waals surface area contributed by atoms with Crippen LogP contribution in [0.4, 0.5) is 16.2 Å². The molecular formula is C23H27N5O6S. The van der Waals surface area contributed by atoms with E-state index >= 15 is 0 Å². The van der Waals surface area contributed by atoms with Crippen molar-refractivity contribution in [1.82, 2.24) is 14.3 Å². The Morgan fingerprint density at radius 1 is 1.17 bits per heavy atom. The Hall–Kier alpha value is -3.67. The molecule has 1 aliphatic rings. The molecule has 1 aliphatic carbocycles. The van der Waals surface area contributed by atoms with E-state index in [0.717, 1.165) is 10.2 Å². The van der Waals surface area contributed by atoms with Crippen LogP contribution in [0.2, 0.25) is 0 Å². The van der Waals surface area contributed by atoms with Crippen molar-refractivity contribution >= 4 is 38.5 Å². The van der Waals surface area contributed by atoms with Crippen LogP contribution in [0, 0.1) is 10.1 Å². The van der Waals surface area contributed by atoms with Gasteiger partial charge in [0.05, 0.1) is 15.2 Å². The topological polar surface area (TPSA) is 145 Å². The van der Waals surface area contributed by atoms with Crippen molar-refractivity contribution in [2.24, 2.45) is 0 Å². The largest absolute Gasteiger partial charge is 0.444 e. The van der Waals surface area contributed by atoms with E-state index in [1.54, 1.807) is 39.0 Å². The first-order valence-corrected chi connectivity index (χ1v) is 12.6. The summed E-state index contributed by atoms with van der Waals surface area (Å²) in [6.07, 6.45) is 3.75. The number of hydrogen-bond donors (Lipinski definition) is 2. The second-order valence-corrected chi connectivity index (χ2v) is 11.3. The number of alkyl carbamates (subject to hydrolysis) is 1. The van der Waals surface area contributed by atoms with Gasteiger partial charge in [0, 0.05) is 18.3 Å². The zero-order valence-electron chi connectivity index (χ0n) is 19.6. The molecule has 0 bridgehead atoms. The van der Waals surface area contributed by atoms with Crippen LogP contribution in [0.3, 0.4) is 0 Å². The zero-order valence-corrected chi connectivity index (χ0v) is 20.4. The van der Waals surface area contributed by atoms with Crippen LogP contribution in [0.5, 0.6) is 0 Å². The number of amides is 1. The van der Waals surface area contributed by atoms with Crippen LogP contribution in [-0.4, -0.2) is 46.1 Å². The quantitative estimate of drug-likeness (QED) is 0.380. The van der Waals surface area contributed by atoms with Gasteiger partial charge in [0.2, 0.25) is 0 Å². The average molecular weight is 502 g/mol. The average Bonchev–Trinajstić information content (AvgIpc) is 3.40. The normalized spacial score (nSPS) is 18.4. The number of pyridine rings is 1. The molecule has 2 heterocycles. The fraction of sp³-hybridized carbons (Fsp3) is 0.391. The monoisotopic (exact) mass is 501 g/mol. The van der Waals surface area contributed by atoms with Crippen LogP contribution in [0.15, 0.2) is 53.7 Å². The van der Waals surface area contributed by atoms with Gasteiger partial charge in [-0.2, -0.15) is 0 Å². The summed E-state index contributed by atoms with van der Waals surface area (Å²) in [5.41, 5.74) is -0.583. The molecule has 0 unspecified atom stereocenters. The predicted molar refractivity (Wildman–Crippen MR) is 130 cm³/mol. The highest BCUT2D eigenvalue weighted by Gasteiger charge is 2.31. The molecule has 0 aliphatic heterocycles. The number of benzene rings is 1. The van der Waals surface area contributed by atoms with Crippen LogP contribution >= 0.6 is 0 Å². The first-order valence-electron chi connectivity index (χ1n) is 11.2. The SMILES string of the molecule is CC(C)(C)OC(=O)N[C@H]1CC[C@@H](Nc2c([N+](=O)[O-])cnc3c2ccn3S(=O)(=O)c2ccccc2)C1. The summed E-state index contributed by atoms with van der Waals surface area (Å²) in [4.78, 5) is 27.5. The Labute approximate surface area is 202 Å². The van der Waals surface area contributed by atoms with E-state index in [9.17, 15) is 23.3 Å². The summed E-state index contributed by atoms with van der Waals surface area (Å²) >= 11 is 0. The molecule has 2 N–H and O–H groups in total. The van der Waals surface area contributed by atoms with Gasteiger partial charge in [0.15, 0.2) is 5.65 Å². The molecule has 2 aromatic heterocycles.